The van der Waals surface area contributed by atoms with Crippen molar-refractivity contribution in [1.82, 2.24) is 0 Å². The van der Waals surface area contributed by atoms with Crippen molar-refractivity contribution in [3.8, 4) is 0 Å². The zero-order chi connectivity index (χ0) is 9.52. The van der Waals surface area contributed by atoms with E-state index < -0.39 is 0 Å². The van der Waals surface area contributed by atoms with E-state index in [-0.39, 0.29) is 0 Å². The maximum Gasteiger partial charge on any atom is 0.0968 e. The molecule has 0 atom stereocenters. The molecule has 2 heteroatoms. The lowest BCUT2D eigenvalue weighted by Crippen LogP contribution is -2.26. The van der Waals surface area contributed by atoms with Crippen molar-refractivity contribution in [3.05, 3.63) is 0 Å². The van der Waals surface area contributed by atoms with Gasteiger partial charge in [0.2, 0.25) is 0 Å². The molecular weight excluding hydrogens is 160 g/mol. The fourth-order valence-corrected chi connectivity index (χ4v) is 1.89. The van der Waals surface area contributed by atoms with E-state index in [4.69, 9.17) is 5.73 Å². The summed E-state index contributed by atoms with van der Waals surface area (Å²) in [6.45, 7) is 3.12. The molecule has 13 heavy (non-hydrogen) atoms. The maximum absolute atomic E-state index is 5.94. The minimum atomic E-state index is 0.602. The van der Waals surface area contributed by atoms with E-state index in [1.807, 2.05) is 0 Å². The molecule has 1 fully saturated rings. The Morgan fingerprint density at radius 3 is 2.62 bits per heavy atom. The number of rotatable bonds is 4. The molecular formula is C11H22N2. The second-order valence-corrected chi connectivity index (χ2v) is 4.00. The van der Waals surface area contributed by atoms with Crippen molar-refractivity contribution >= 4 is 5.84 Å². The molecule has 2 nitrogen and oxygen atoms in total. The van der Waals surface area contributed by atoms with Gasteiger partial charge in [-0.2, -0.15) is 0 Å². The number of unbranched alkanes of at least 4 members (excludes halogenated alkanes) is 1. The first-order valence-electron chi connectivity index (χ1n) is 5.64. The van der Waals surface area contributed by atoms with E-state index in [1.165, 1.54) is 44.9 Å². The topological polar surface area (TPSA) is 38.4 Å². The zero-order valence-electron chi connectivity index (χ0n) is 8.76. The van der Waals surface area contributed by atoms with Crippen LogP contribution in [-0.2, 0) is 0 Å². The minimum Gasteiger partial charge on any atom is -0.387 e. The van der Waals surface area contributed by atoms with Gasteiger partial charge >= 0.3 is 0 Å². The SMILES string of the molecule is CCCCN=C(N)C1CCCCC1. The van der Waals surface area contributed by atoms with Gasteiger partial charge in [0.15, 0.2) is 0 Å². The van der Waals surface area contributed by atoms with Crippen LogP contribution in [0.3, 0.4) is 0 Å². The Labute approximate surface area is 81.6 Å². The van der Waals surface area contributed by atoms with Gasteiger partial charge < -0.3 is 5.73 Å². The van der Waals surface area contributed by atoms with Gasteiger partial charge in [-0.3, -0.25) is 4.99 Å². The normalized spacial score (nSPS) is 20.5. The van der Waals surface area contributed by atoms with Crippen LogP contribution in [0.15, 0.2) is 4.99 Å². The first-order valence-corrected chi connectivity index (χ1v) is 5.64. The summed E-state index contributed by atoms with van der Waals surface area (Å²) in [6.07, 6.45) is 8.99. The van der Waals surface area contributed by atoms with Gasteiger partial charge in [0.25, 0.3) is 0 Å². The third-order valence-electron chi connectivity index (χ3n) is 2.83. The number of aliphatic imine (C=N–C) groups is 1. The van der Waals surface area contributed by atoms with E-state index in [2.05, 4.69) is 11.9 Å². The van der Waals surface area contributed by atoms with E-state index in [0.717, 1.165) is 12.4 Å². The predicted octanol–water partition coefficient (Wildman–Crippen LogP) is 2.72. The zero-order valence-corrected chi connectivity index (χ0v) is 8.76. The summed E-state index contributed by atoms with van der Waals surface area (Å²) >= 11 is 0. The molecule has 76 valence electrons. The van der Waals surface area contributed by atoms with E-state index in [9.17, 15) is 0 Å². The Morgan fingerprint density at radius 2 is 2.00 bits per heavy atom. The summed E-state index contributed by atoms with van der Waals surface area (Å²) < 4.78 is 0. The molecule has 0 aromatic carbocycles. The molecule has 2 N–H and O–H groups in total. The first kappa shape index (κ1) is 10.6. The Hall–Kier alpha value is -0.530. The van der Waals surface area contributed by atoms with Crippen LogP contribution in [0, 0.1) is 5.92 Å². The molecule has 0 bridgehead atoms. The number of nitrogens with zero attached hydrogens (tertiary/aromatic N) is 1. The number of nitrogens with two attached hydrogens (primary N) is 1. The van der Waals surface area contributed by atoms with Gasteiger partial charge in [0.05, 0.1) is 5.84 Å². The second kappa shape index (κ2) is 6.01. The van der Waals surface area contributed by atoms with Crippen LogP contribution in [0.2, 0.25) is 0 Å². The standard InChI is InChI=1S/C11H22N2/c1-2-3-9-13-11(12)10-7-5-4-6-8-10/h10H,2-9H2,1H3,(H2,12,13). The third-order valence-corrected chi connectivity index (χ3v) is 2.83. The van der Waals surface area contributed by atoms with Crippen molar-refractivity contribution in [3.63, 3.8) is 0 Å². The lowest BCUT2D eigenvalue weighted by molar-refractivity contribution is 0.436. The van der Waals surface area contributed by atoms with Crippen molar-refractivity contribution < 1.29 is 0 Å². The van der Waals surface area contributed by atoms with Crippen LogP contribution in [0.1, 0.15) is 51.9 Å². The molecule has 0 heterocycles. The fourth-order valence-electron chi connectivity index (χ4n) is 1.89. The molecule has 0 aromatic heterocycles. The van der Waals surface area contributed by atoms with Crippen LogP contribution in [0.25, 0.3) is 0 Å². The van der Waals surface area contributed by atoms with E-state index in [1.54, 1.807) is 0 Å². The number of amidine groups is 1. The smallest absolute Gasteiger partial charge is 0.0968 e. The quantitative estimate of drug-likeness (QED) is 0.405. The summed E-state index contributed by atoms with van der Waals surface area (Å²) in [5.41, 5.74) is 5.94. The average Bonchev–Trinajstić information content (AvgIpc) is 2.19. The highest BCUT2D eigenvalue weighted by atomic mass is 14.9. The van der Waals surface area contributed by atoms with Crippen LogP contribution >= 0.6 is 0 Å². The highest BCUT2D eigenvalue weighted by Gasteiger charge is 2.16. The molecule has 1 rings (SSSR count). The highest BCUT2D eigenvalue weighted by molar-refractivity contribution is 5.82. The highest BCUT2D eigenvalue weighted by Crippen LogP contribution is 2.23. The Bertz CT molecular complexity index is 157. The minimum absolute atomic E-state index is 0.602. The number of hydrogen-bond donors (Lipinski definition) is 1. The molecule has 0 unspecified atom stereocenters. The maximum atomic E-state index is 5.94. The van der Waals surface area contributed by atoms with Gasteiger partial charge in [-0.15, -0.1) is 0 Å². The monoisotopic (exact) mass is 182 g/mol. The second-order valence-electron chi connectivity index (χ2n) is 4.00. The number of hydrogen-bond acceptors (Lipinski definition) is 1. The first-order chi connectivity index (χ1) is 6.34. The molecule has 1 aliphatic carbocycles. The van der Waals surface area contributed by atoms with Gasteiger partial charge in [0, 0.05) is 12.5 Å². The van der Waals surface area contributed by atoms with Crippen molar-refractivity contribution in [2.24, 2.45) is 16.6 Å². The Morgan fingerprint density at radius 1 is 1.31 bits per heavy atom. The van der Waals surface area contributed by atoms with Gasteiger partial charge in [-0.25, -0.2) is 0 Å². The summed E-state index contributed by atoms with van der Waals surface area (Å²) in [7, 11) is 0. The van der Waals surface area contributed by atoms with Crippen LogP contribution in [-0.4, -0.2) is 12.4 Å². The Kier molecular flexibility index (Phi) is 4.87. The Balaban J connectivity index is 2.27. The van der Waals surface area contributed by atoms with Crippen molar-refractivity contribution in [2.75, 3.05) is 6.54 Å². The van der Waals surface area contributed by atoms with E-state index >= 15 is 0 Å². The fraction of sp³-hybridized carbons (Fsp3) is 0.909. The molecule has 0 saturated heterocycles. The predicted molar refractivity (Wildman–Crippen MR) is 58.0 cm³/mol. The van der Waals surface area contributed by atoms with Gasteiger partial charge in [-0.05, 0) is 19.3 Å². The molecule has 0 amide bonds. The molecule has 0 radical (unpaired) electrons. The van der Waals surface area contributed by atoms with Crippen molar-refractivity contribution in [1.29, 1.82) is 0 Å². The summed E-state index contributed by atoms with van der Waals surface area (Å²) in [6, 6.07) is 0. The van der Waals surface area contributed by atoms with Crippen LogP contribution in [0.5, 0.6) is 0 Å². The molecule has 0 aromatic rings. The van der Waals surface area contributed by atoms with Gasteiger partial charge in [-0.1, -0.05) is 32.6 Å². The van der Waals surface area contributed by atoms with E-state index in [0.29, 0.717) is 5.92 Å². The molecule has 1 saturated carbocycles. The summed E-state index contributed by atoms with van der Waals surface area (Å²) in [5.74, 6) is 1.53. The van der Waals surface area contributed by atoms with Crippen LogP contribution < -0.4 is 5.73 Å². The summed E-state index contributed by atoms with van der Waals surface area (Å²) in [5, 5.41) is 0. The summed E-state index contributed by atoms with van der Waals surface area (Å²) in [4.78, 5) is 4.43. The van der Waals surface area contributed by atoms with Gasteiger partial charge in [0.1, 0.15) is 0 Å². The largest absolute Gasteiger partial charge is 0.387 e. The average molecular weight is 182 g/mol. The lowest BCUT2D eigenvalue weighted by atomic mass is 9.88. The lowest BCUT2D eigenvalue weighted by Gasteiger charge is -2.20. The third kappa shape index (κ3) is 3.79. The molecule has 0 aliphatic heterocycles. The van der Waals surface area contributed by atoms with Crippen LogP contribution in [0.4, 0.5) is 0 Å². The molecule has 0 spiro atoms. The van der Waals surface area contributed by atoms with Crippen molar-refractivity contribution in [2.45, 2.75) is 51.9 Å². The molecule has 1 aliphatic rings.